The highest BCUT2D eigenvalue weighted by Crippen LogP contribution is 2.45. The number of carboxylic acids is 1. The number of aromatic carboxylic acids is 1. The van der Waals surface area contributed by atoms with Gasteiger partial charge in [0.15, 0.2) is 0 Å². The Morgan fingerprint density at radius 1 is 1.00 bits per heavy atom. The maximum absolute atomic E-state index is 11.8. The summed E-state index contributed by atoms with van der Waals surface area (Å²) in [5.41, 5.74) is 1.18. The van der Waals surface area contributed by atoms with Crippen LogP contribution in [-0.4, -0.2) is 81.0 Å². The first kappa shape index (κ1) is 39.4. The number of hydrogen-bond acceptors (Lipinski definition) is 8. The number of carbonyl (C=O) groups excluding carboxylic acids is 2. The van der Waals surface area contributed by atoms with Crippen molar-refractivity contribution in [3.8, 4) is 0 Å². The average molecular weight is 623 g/mol. The van der Waals surface area contributed by atoms with Crippen molar-refractivity contribution in [1.29, 1.82) is 0 Å². The fraction of sp³-hybridized carbons (Fsp3) is 0.500. The van der Waals surface area contributed by atoms with E-state index in [-0.39, 0.29) is 24.3 Å². The first-order valence-electron chi connectivity index (χ1n) is 15.4. The van der Waals surface area contributed by atoms with Crippen molar-refractivity contribution in [2.24, 2.45) is 15.9 Å². The lowest BCUT2D eigenvalue weighted by molar-refractivity contribution is -0.118. The van der Waals surface area contributed by atoms with Gasteiger partial charge in [-0.2, -0.15) is 0 Å². The Morgan fingerprint density at radius 2 is 1.60 bits per heavy atom. The second-order valence-corrected chi connectivity index (χ2v) is 11.5. The predicted octanol–water partition coefficient (Wildman–Crippen LogP) is 4.80. The summed E-state index contributed by atoms with van der Waals surface area (Å²) < 4.78 is 12.6. The van der Waals surface area contributed by atoms with Crippen LogP contribution in [0.3, 0.4) is 0 Å². The summed E-state index contributed by atoms with van der Waals surface area (Å²) in [6.45, 7) is 14.4. The fourth-order valence-electron chi connectivity index (χ4n) is 4.77. The highest BCUT2D eigenvalue weighted by atomic mass is 16.7. The van der Waals surface area contributed by atoms with E-state index in [1.165, 1.54) is 13.3 Å². The van der Waals surface area contributed by atoms with Crippen LogP contribution >= 0.6 is 0 Å². The number of hydrogen-bond donors (Lipinski definition) is 3. The Hall–Kier alpha value is -3.67. The monoisotopic (exact) mass is 622 g/mol. The van der Waals surface area contributed by atoms with E-state index in [9.17, 15) is 14.4 Å². The zero-order valence-corrected chi connectivity index (χ0v) is 28.5. The molecule has 0 radical (unpaired) electrons. The van der Waals surface area contributed by atoms with Gasteiger partial charge in [0, 0.05) is 20.0 Å². The molecule has 2 unspecified atom stereocenters. The fourth-order valence-corrected chi connectivity index (χ4v) is 4.77. The number of nitrogens with one attached hydrogen (secondary N) is 2. The molecule has 45 heavy (non-hydrogen) atoms. The quantitative estimate of drug-likeness (QED) is 0.176. The molecule has 3 rings (SSSR count). The Balaban J connectivity index is 0.000000438. The second kappa shape index (κ2) is 19.0. The Morgan fingerprint density at radius 3 is 2.07 bits per heavy atom. The minimum atomic E-state index is -0.931. The van der Waals surface area contributed by atoms with E-state index in [0.717, 1.165) is 23.8 Å². The Kier molecular flexibility index (Phi) is 16.6. The van der Waals surface area contributed by atoms with Crippen LogP contribution in [-0.2, 0) is 30.9 Å². The number of nitrogens with zero attached hydrogens (tertiary/aromatic N) is 2. The lowest BCUT2D eigenvalue weighted by Crippen LogP contribution is -2.44. The SMILES string of the molecule is CC.CN=CC(=NC)C(=O)N[C@H](C=O)Cc1ccccc1.CNC(CC(C)C)B1OC(C)(C)C(C)(c2ccc(C(=O)O)cc2)O1. The summed E-state index contributed by atoms with van der Waals surface area (Å²) in [6.07, 6.45) is 3.49. The maximum atomic E-state index is 11.8. The topological polar surface area (TPSA) is 139 Å². The van der Waals surface area contributed by atoms with Gasteiger partial charge in [0.1, 0.15) is 17.6 Å². The molecule has 0 saturated carbocycles. The van der Waals surface area contributed by atoms with E-state index in [1.54, 1.807) is 19.2 Å². The molecule has 3 atom stereocenters. The van der Waals surface area contributed by atoms with Crippen LogP contribution in [0.5, 0.6) is 0 Å². The van der Waals surface area contributed by atoms with E-state index >= 15 is 0 Å². The molecule has 0 spiro atoms. The molecular weight excluding hydrogens is 571 g/mol. The summed E-state index contributed by atoms with van der Waals surface area (Å²) in [7, 11) is 4.63. The normalized spacial score (nSPS) is 18.7. The zero-order valence-electron chi connectivity index (χ0n) is 28.5. The molecular formula is C34H51BN4O6. The molecule has 1 heterocycles. The van der Waals surface area contributed by atoms with Gasteiger partial charge < -0.3 is 29.8 Å². The third-order valence-electron chi connectivity index (χ3n) is 7.52. The van der Waals surface area contributed by atoms with Gasteiger partial charge in [0.2, 0.25) is 0 Å². The summed E-state index contributed by atoms with van der Waals surface area (Å²) in [5.74, 6) is -0.704. The van der Waals surface area contributed by atoms with Gasteiger partial charge in [-0.05, 0) is 69.8 Å². The van der Waals surface area contributed by atoms with E-state index in [1.807, 2.05) is 84.1 Å². The van der Waals surface area contributed by atoms with Crippen LogP contribution in [0, 0.1) is 5.92 Å². The third-order valence-corrected chi connectivity index (χ3v) is 7.52. The molecule has 2 aromatic carbocycles. The van der Waals surface area contributed by atoms with E-state index in [4.69, 9.17) is 14.4 Å². The third kappa shape index (κ3) is 11.3. The largest absolute Gasteiger partial charge is 0.478 e. The van der Waals surface area contributed by atoms with Crippen LogP contribution in [0.25, 0.3) is 0 Å². The lowest BCUT2D eigenvalue weighted by atomic mass is 9.74. The van der Waals surface area contributed by atoms with Crippen molar-refractivity contribution in [2.45, 2.75) is 84.5 Å². The van der Waals surface area contributed by atoms with Crippen molar-refractivity contribution in [2.75, 3.05) is 21.1 Å². The van der Waals surface area contributed by atoms with Crippen molar-refractivity contribution < 1.29 is 28.8 Å². The first-order valence-corrected chi connectivity index (χ1v) is 15.4. The minimum Gasteiger partial charge on any atom is -0.478 e. The summed E-state index contributed by atoms with van der Waals surface area (Å²) in [6, 6.07) is 15.8. The number of aldehydes is 1. The minimum absolute atomic E-state index is 0.101. The molecule has 1 aliphatic heterocycles. The number of rotatable bonds is 12. The standard InChI is InChI=1S/C18H28BNO4.C14H17N3O2.C2H6/c1-12(2)11-15(20-6)19-23-17(3,4)18(5,24-19)14-9-7-13(8-10-14)16(21)22;1-15-9-13(16-2)14(19)17-12(10-18)8-11-6-4-3-5-7-11;1-2/h7-10,12,15,20H,11H2,1-6H3,(H,21,22);3-7,9-10,12H,8H2,1-2H3,(H,17,19);1-2H3/t;12-;/m.0./s1. The molecule has 1 fully saturated rings. The van der Waals surface area contributed by atoms with E-state index < -0.39 is 29.1 Å². The van der Waals surface area contributed by atoms with Crippen LogP contribution in [0.2, 0.25) is 0 Å². The maximum Gasteiger partial charge on any atom is 0.476 e. The molecule has 246 valence electrons. The molecule has 1 saturated heterocycles. The summed E-state index contributed by atoms with van der Waals surface area (Å²) in [5, 5.41) is 15.0. The molecule has 3 N–H and O–H groups in total. The van der Waals surface area contributed by atoms with Crippen LogP contribution in [0.1, 0.15) is 76.4 Å². The van der Waals surface area contributed by atoms with Gasteiger partial charge in [-0.1, -0.05) is 70.2 Å². The van der Waals surface area contributed by atoms with Crippen LogP contribution < -0.4 is 10.6 Å². The second-order valence-electron chi connectivity index (χ2n) is 11.5. The summed E-state index contributed by atoms with van der Waals surface area (Å²) in [4.78, 5) is 41.5. The highest BCUT2D eigenvalue weighted by Gasteiger charge is 2.57. The predicted molar refractivity (Wildman–Crippen MR) is 182 cm³/mol. The Labute approximate surface area is 269 Å². The first-order chi connectivity index (χ1) is 21.3. The average Bonchev–Trinajstić information content (AvgIpc) is 3.28. The molecule has 0 aromatic heterocycles. The molecule has 0 bridgehead atoms. The highest BCUT2D eigenvalue weighted by molar-refractivity contribution is 6.60. The van der Waals surface area contributed by atoms with Crippen molar-refractivity contribution in [3.05, 3.63) is 71.3 Å². The van der Waals surface area contributed by atoms with Gasteiger partial charge in [-0.25, -0.2) is 4.79 Å². The molecule has 11 heteroatoms. The summed E-state index contributed by atoms with van der Waals surface area (Å²) >= 11 is 0. The lowest BCUT2D eigenvalue weighted by Gasteiger charge is -2.37. The van der Waals surface area contributed by atoms with Crippen molar-refractivity contribution >= 4 is 37.2 Å². The Bertz CT molecular complexity index is 1270. The molecule has 10 nitrogen and oxygen atoms in total. The van der Waals surface area contributed by atoms with Crippen molar-refractivity contribution in [1.82, 2.24) is 10.6 Å². The molecule has 0 aliphatic carbocycles. The van der Waals surface area contributed by atoms with Crippen LogP contribution in [0.4, 0.5) is 0 Å². The van der Waals surface area contributed by atoms with E-state index in [0.29, 0.717) is 12.3 Å². The smallest absolute Gasteiger partial charge is 0.476 e. The van der Waals surface area contributed by atoms with E-state index in [2.05, 4.69) is 34.5 Å². The van der Waals surface area contributed by atoms with Crippen molar-refractivity contribution in [3.63, 3.8) is 0 Å². The zero-order chi connectivity index (χ0) is 34.2. The van der Waals surface area contributed by atoms with Gasteiger partial charge >= 0.3 is 13.1 Å². The molecule has 1 aliphatic rings. The number of amides is 1. The van der Waals surface area contributed by atoms with Gasteiger partial charge in [-0.15, -0.1) is 0 Å². The van der Waals surface area contributed by atoms with Gasteiger partial charge in [-0.3, -0.25) is 14.8 Å². The number of carboxylic acid groups (broad SMARTS) is 1. The van der Waals surface area contributed by atoms with Crippen LogP contribution in [0.15, 0.2) is 64.6 Å². The van der Waals surface area contributed by atoms with Gasteiger partial charge in [0.25, 0.3) is 5.91 Å². The number of carbonyl (C=O) groups is 3. The molecule has 2 aromatic rings. The number of benzene rings is 2. The number of aliphatic imine (C=N–C) groups is 2. The van der Waals surface area contributed by atoms with Gasteiger partial charge in [0.05, 0.1) is 23.4 Å². The molecule has 1 amide bonds.